The molecule has 20 heavy (non-hydrogen) atoms. The monoisotopic (exact) mass is 277 g/mol. The van der Waals surface area contributed by atoms with Crippen LogP contribution in [0.15, 0.2) is 24.4 Å². The minimum Gasteiger partial charge on any atom is -0.353 e. The van der Waals surface area contributed by atoms with Crippen LogP contribution < -0.4 is 5.32 Å². The quantitative estimate of drug-likeness (QED) is 0.924. The highest BCUT2D eigenvalue weighted by Crippen LogP contribution is 2.25. The third kappa shape index (κ3) is 2.53. The van der Waals surface area contributed by atoms with Gasteiger partial charge < -0.3 is 5.32 Å². The highest BCUT2D eigenvalue weighted by molar-refractivity contribution is 5.44. The molecular weight excluding hydrogens is 260 g/mol. The van der Waals surface area contributed by atoms with Crippen molar-refractivity contribution >= 4 is 5.95 Å². The summed E-state index contributed by atoms with van der Waals surface area (Å²) in [6, 6.07) is 3.81. The summed E-state index contributed by atoms with van der Waals surface area (Å²) < 4.78 is 28.9. The maximum absolute atomic E-state index is 13.9. The van der Waals surface area contributed by atoms with Gasteiger partial charge in [-0.2, -0.15) is 0 Å². The van der Waals surface area contributed by atoms with Crippen LogP contribution in [0.25, 0.3) is 5.69 Å². The largest absolute Gasteiger partial charge is 0.353 e. The molecule has 3 nitrogen and oxygen atoms in total. The number of benzene rings is 1. The molecule has 3 rings (SSSR count). The van der Waals surface area contributed by atoms with E-state index in [2.05, 4.69) is 10.3 Å². The van der Waals surface area contributed by atoms with Crippen molar-refractivity contribution in [2.24, 2.45) is 0 Å². The van der Waals surface area contributed by atoms with E-state index in [1.54, 1.807) is 10.8 Å². The molecule has 0 atom stereocenters. The first-order valence-electron chi connectivity index (χ1n) is 6.91. The molecule has 0 radical (unpaired) electrons. The molecule has 0 unspecified atom stereocenters. The Hall–Kier alpha value is -1.91. The second-order valence-corrected chi connectivity index (χ2v) is 5.30. The standard InChI is InChI=1S/C15H17F2N3/c1-10-9-20(14-8-11(16)6-7-13(14)17)15(18-10)19-12-4-2-3-5-12/h6-9,12H,2-5H2,1H3,(H,18,19). The first kappa shape index (κ1) is 13.1. The number of nitrogens with zero attached hydrogens (tertiary/aromatic N) is 2. The topological polar surface area (TPSA) is 29.9 Å². The second-order valence-electron chi connectivity index (χ2n) is 5.30. The van der Waals surface area contributed by atoms with Gasteiger partial charge in [-0.15, -0.1) is 0 Å². The fourth-order valence-electron chi connectivity index (χ4n) is 2.71. The van der Waals surface area contributed by atoms with Crippen LogP contribution in [0.3, 0.4) is 0 Å². The molecule has 5 heteroatoms. The summed E-state index contributed by atoms with van der Waals surface area (Å²) in [6.07, 6.45) is 6.31. The van der Waals surface area contributed by atoms with Crippen molar-refractivity contribution in [3.63, 3.8) is 0 Å². The van der Waals surface area contributed by atoms with Crippen molar-refractivity contribution in [1.82, 2.24) is 9.55 Å². The van der Waals surface area contributed by atoms with E-state index in [4.69, 9.17) is 0 Å². The molecule has 0 amide bonds. The molecule has 0 bridgehead atoms. The number of rotatable bonds is 3. The molecule has 1 saturated carbocycles. The SMILES string of the molecule is Cc1cn(-c2cc(F)ccc2F)c(NC2CCCC2)n1. The Kier molecular flexibility index (Phi) is 3.42. The van der Waals surface area contributed by atoms with Crippen LogP contribution in [-0.4, -0.2) is 15.6 Å². The molecule has 0 aliphatic heterocycles. The smallest absolute Gasteiger partial charge is 0.208 e. The second kappa shape index (κ2) is 5.23. The van der Waals surface area contributed by atoms with Crippen molar-refractivity contribution in [3.8, 4) is 5.69 Å². The van der Waals surface area contributed by atoms with Crippen LogP contribution in [0.4, 0.5) is 14.7 Å². The zero-order chi connectivity index (χ0) is 14.1. The number of aromatic nitrogens is 2. The van der Waals surface area contributed by atoms with Gasteiger partial charge in [0.25, 0.3) is 0 Å². The Morgan fingerprint density at radius 2 is 2.00 bits per heavy atom. The van der Waals surface area contributed by atoms with Gasteiger partial charge in [0.15, 0.2) is 0 Å². The van der Waals surface area contributed by atoms with Crippen molar-refractivity contribution in [2.45, 2.75) is 38.6 Å². The number of nitrogens with one attached hydrogen (secondary N) is 1. The summed E-state index contributed by atoms with van der Waals surface area (Å²) in [5, 5.41) is 3.34. The molecule has 2 aromatic rings. The van der Waals surface area contributed by atoms with E-state index in [-0.39, 0.29) is 5.69 Å². The zero-order valence-corrected chi connectivity index (χ0v) is 11.4. The number of hydrogen-bond acceptors (Lipinski definition) is 2. The predicted molar refractivity (Wildman–Crippen MR) is 74.1 cm³/mol. The lowest BCUT2D eigenvalue weighted by molar-refractivity contribution is 0.592. The summed E-state index contributed by atoms with van der Waals surface area (Å²) in [5.41, 5.74) is 0.959. The van der Waals surface area contributed by atoms with Gasteiger partial charge in [-0.3, -0.25) is 4.57 Å². The summed E-state index contributed by atoms with van der Waals surface area (Å²) >= 11 is 0. The maximum Gasteiger partial charge on any atom is 0.208 e. The molecule has 0 saturated heterocycles. The van der Waals surface area contributed by atoms with Crippen LogP contribution >= 0.6 is 0 Å². The number of hydrogen-bond donors (Lipinski definition) is 1. The summed E-state index contributed by atoms with van der Waals surface area (Å²) in [7, 11) is 0. The van der Waals surface area contributed by atoms with Crippen molar-refractivity contribution < 1.29 is 8.78 Å². The molecule has 1 fully saturated rings. The maximum atomic E-state index is 13.9. The van der Waals surface area contributed by atoms with Crippen LogP contribution in [0, 0.1) is 18.6 Å². The Labute approximate surface area is 116 Å². The lowest BCUT2D eigenvalue weighted by atomic mass is 10.2. The van der Waals surface area contributed by atoms with Crippen molar-refractivity contribution in [1.29, 1.82) is 0 Å². The first-order valence-corrected chi connectivity index (χ1v) is 6.91. The molecule has 1 aromatic heterocycles. The highest BCUT2D eigenvalue weighted by atomic mass is 19.1. The number of halogens is 2. The van der Waals surface area contributed by atoms with Gasteiger partial charge in [0.1, 0.15) is 11.6 Å². The highest BCUT2D eigenvalue weighted by Gasteiger charge is 2.19. The van der Waals surface area contributed by atoms with Gasteiger partial charge in [-0.05, 0) is 31.9 Å². The Bertz CT molecular complexity index is 616. The molecule has 0 spiro atoms. The van der Waals surface area contributed by atoms with E-state index in [0.29, 0.717) is 12.0 Å². The fourth-order valence-corrected chi connectivity index (χ4v) is 2.71. The van der Waals surface area contributed by atoms with Crippen LogP contribution in [-0.2, 0) is 0 Å². The molecule has 1 heterocycles. The van der Waals surface area contributed by atoms with E-state index in [9.17, 15) is 8.78 Å². The lowest BCUT2D eigenvalue weighted by Gasteiger charge is -2.15. The van der Waals surface area contributed by atoms with Gasteiger partial charge >= 0.3 is 0 Å². The van der Waals surface area contributed by atoms with E-state index < -0.39 is 11.6 Å². The minimum atomic E-state index is -0.460. The molecule has 1 aliphatic carbocycles. The molecule has 1 aliphatic rings. The number of imidazole rings is 1. The van der Waals surface area contributed by atoms with Gasteiger partial charge in [-0.25, -0.2) is 13.8 Å². The Morgan fingerprint density at radius 1 is 1.25 bits per heavy atom. The van der Waals surface area contributed by atoms with E-state index >= 15 is 0 Å². The molecule has 1 N–H and O–H groups in total. The predicted octanol–water partition coefficient (Wildman–Crippen LogP) is 3.81. The van der Waals surface area contributed by atoms with Crippen molar-refractivity contribution in [2.75, 3.05) is 5.32 Å². The van der Waals surface area contributed by atoms with E-state index in [1.165, 1.54) is 18.9 Å². The van der Waals surface area contributed by atoms with Crippen LogP contribution in [0.1, 0.15) is 31.4 Å². The van der Waals surface area contributed by atoms with E-state index in [1.807, 2.05) is 6.92 Å². The Balaban J connectivity index is 1.97. The lowest BCUT2D eigenvalue weighted by Crippen LogP contribution is -2.18. The number of aryl methyl sites for hydroxylation is 1. The van der Waals surface area contributed by atoms with Gasteiger partial charge in [0, 0.05) is 18.3 Å². The molecule has 106 valence electrons. The Morgan fingerprint density at radius 3 is 2.75 bits per heavy atom. The zero-order valence-electron chi connectivity index (χ0n) is 11.4. The van der Waals surface area contributed by atoms with Gasteiger partial charge in [0.2, 0.25) is 5.95 Å². The van der Waals surface area contributed by atoms with Gasteiger partial charge in [-0.1, -0.05) is 12.8 Å². The first-order chi connectivity index (χ1) is 9.63. The number of anilines is 1. The summed E-state index contributed by atoms with van der Waals surface area (Å²) in [6.45, 7) is 1.84. The van der Waals surface area contributed by atoms with Crippen LogP contribution in [0.2, 0.25) is 0 Å². The van der Waals surface area contributed by atoms with E-state index in [0.717, 1.165) is 30.7 Å². The average molecular weight is 277 g/mol. The van der Waals surface area contributed by atoms with Crippen molar-refractivity contribution in [3.05, 3.63) is 41.7 Å². The van der Waals surface area contributed by atoms with Crippen LogP contribution in [0.5, 0.6) is 0 Å². The fraction of sp³-hybridized carbons (Fsp3) is 0.400. The third-order valence-corrected chi connectivity index (χ3v) is 3.68. The molecule has 1 aromatic carbocycles. The molecular formula is C15H17F2N3. The summed E-state index contributed by atoms with van der Waals surface area (Å²) in [5.74, 6) is -0.336. The minimum absolute atomic E-state index is 0.186. The average Bonchev–Trinajstić information content (AvgIpc) is 3.03. The third-order valence-electron chi connectivity index (χ3n) is 3.68. The normalized spacial score (nSPS) is 15.8. The summed E-state index contributed by atoms with van der Waals surface area (Å²) in [4.78, 5) is 4.38. The van der Waals surface area contributed by atoms with Gasteiger partial charge in [0.05, 0.1) is 11.4 Å².